The highest BCUT2D eigenvalue weighted by atomic mass is 35.5. The smallest absolute Gasteiger partial charge is 0.258 e. The van der Waals surface area contributed by atoms with Gasteiger partial charge >= 0.3 is 0 Å². The lowest BCUT2D eigenvalue weighted by Crippen LogP contribution is -2.30. The molecule has 1 amide bonds. The molecule has 0 radical (unpaired) electrons. The molecular weight excluding hydrogens is 362 g/mol. The van der Waals surface area contributed by atoms with Gasteiger partial charge in [-0.1, -0.05) is 29.3 Å². The lowest BCUT2D eigenvalue weighted by Gasteiger charge is -2.23. The standard InChI is InChI=1S/C19H13Cl2FN2O/c20-15-4-2-14(3-5-15)19(25)24(17-8-6-16(22)7-9-17)12-13-1-10-18(21)23-11-13/h1-11H,12H2. The molecule has 1 heterocycles. The maximum Gasteiger partial charge on any atom is 0.258 e. The number of pyridine rings is 1. The number of carbonyl (C=O) groups is 1. The Morgan fingerprint density at radius 1 is 0.960 bits per heavy atom. The number of nitrogens with zero attached hydrogens (tertiary/aromatic N) is 2. The third-order valence-corrected chi connectivity index (χ3v) is 4.08. The molecule has 0 unspecified atom stereocenters. The van der Waals surface area contributed by atoms with Crippen molar-refractivity contribution in [2.75, 3.05) is 4.90 Å². The molecule has 6 heteroatoms. The van der Waals surface area contributed by atoms with Gasteiger partial charge in [0.25, 0.3) is 5.91 Å². The van der Waals surface area contributed by atoms with Crippen LogP contribution in [0.4, 0.5) is 10.1 Å². The van der Waals surface area contributed by atoms with Gasteiger partial charge in [0.15, 0.2) is 0 Å². The number of halogens is 3. The largest absolute Gasteiger partial charge is 0.304 e. The summed E-state index contributed by atoms with van der Waals surface area (Å²) in [6.45, 7) is 0.275. The maximum atomic E-state index is 13.2. The van der Waals surface area contributed by atoms with Gasteiger partial charge < -0.3 is 4.90 Å². The fourth-order valence-corrected chi connectivity index (χ4v) is 2.57. The lowest BCUT2D eigenvalue weighted by atomic mass is 10.1. The van der Waals surface area contributed by atoms with E-state index in [1.807, 2.05) is 0 Å². The highest BCUT2D eigenvalue weighted by molar-refractivity contribution is 6.30. The Kier molecular flexibility index (Phi) is 5.31. The van der Waals surface area contributed by atoms with Crippen LogP contribution in [0.2, 0.25) is 10.2 Å². The van der Waals surface area contributed by atoms with Crippen molar-refractivity contribution in [2.45, 2.75) is 6.54 Å². The van der Waals surface area contributed by atoms with E-state index < -0.39 is 0 Å². The molecule has 0 bridgehead atoms. The molecule has 3 nitrogen and oxygen atoms in total. The Balaban J connectivity index is 1.95. The van der Waals surface area contributed by atoms with Crippen LogP contribution in [0.25, 0.3) is 0 Å². The average Bonchev–Trinajstić information content (AvgIpc) is 2.62. The molecule has 3 rings (SSSR count). The van der Waals surface area contributed by atoms with Gasteiger partial charge in [-0.15, -0.1) is 0 Å². The van der Waals surface area contributed by atoms with Crippen LogP contribution in [0.3, 0.4) is 0 Å². The van der Waals surface area contributed by atoms with Crippen molar-refractivity contribution in [1.29, 1.82) is 0 Å². The van der Waals surface area contributed by atoms with E-state index in [-0.39, 0.29) is 18.3 Å². The first kappa shape index (κ1) is 17.4. The predicted molar refractivity (Wildman–Crippen MR) is 97.6 cm³/mol. The molecule has 0 fully saturated rings. The summed E-state index contributed by atoms with van der Waals surface area (Å²) in [5.41, 5.74) is 1.86. The fourth-order valence-electron chi connectivity index (χ4n) is 2.33. The van der Waals surface area contributed by atoms with E-state index in [0.717, 1.165) is 5.56 Å². The Morgan fingerprint density at radius 2 is 1.64 bits per heavy atom. The first-order chi connectivity index (χ1) is 12.0. The van der Waals surface area contributed by atoms with Crippen molar-refractivity contribution in [1.82, 2.24) is 4.98 Å². The van der Waals surface area contributed by atoms with Gasteiger partial charge in [0.1, 0.15) is 11.0 Å². The topological polar surface area (TPSA) is 33.2 Å². The highest BCUT2D eigenvalue weighted by Crippen LogP contribution is 2.22. The quantitative estimate of drug-likeness (QED) is 0.574. The van der Waals surface area contributed by atoms with Crippen LogP contribution in [-0.2, 0) is 6.54 Å². The summed E-state index contributed by atoms with van der Waals surface area (Å²) in [6.07, 6.45) is 1.61. The summed E-state index contributed by atoms with van der Waals surface area (Å²) in [5, 5.41) is 0.924. The SMILES string of the molecule is O=C(c1ccc(Cl)cc1)N(Cc1ccc(Cl)nc1)c1ccc(F)cc1. The summed E-state index contributed by atoms with van der Waals surface area (Å²) in [4.78, 5) is 18.5. The second kappa shape index (κ2) is 7.64. The third kappa shape index (κ3) is 4.35. The molecule has 0 atom stereocenters. The fraction of sp³-hybridized carbons (Fsp3) is 0.0526. The Labute approximate surface area is 154 Å². The minimum absolute atomic E-state index is 0.224. The van der Waals surface area contributed by atoms with Crippen LogP contribution < -0.4 is 4.90 Å². The van der Waals surface area contributed by atoms with E-state index in [0.29, 0.717) is 21.4 Å². The van der Waals surface area contributed by atoms with Crippen LogP contribution in [0, 0.1) is 5.82 Å². The zero-order valence-corrected chi connectivity index (χ0v) is 14.5. The maximum absolute atomic E-state index is 13.2. The molecule has 0 aliphatic carbocycles. The van der Waals surface area contributed by atoms with Crippen molar-refractivity contribution in [3.63, 3.8) is 0 Å². The minimum Gasteiger partial charge on any atom is -0.304 e. The molecule has 3 aromatic rings. The van der Waals surface area contributed by atoms with Gasteiger partial charge in [-0.3, -0.25) is 4.79 Å². The van der Waals surface area contributed by atoms with Crippen LogP contribution in [0.1, 0.15) is 15.9 Å². The van der Waals surface area contributed by atoms with Gasteiger partial charge in [0.2, 0.25) is 0 Å². The average molecular weight is 375 g/mol. The van der Waals surface area contributed by atoms with Crippen LogP contribution in [0.5, 0.6) is 0 Å². The summed E-state index contributed by atoms with van der Waals surface area (Å²) < 4.78 is 13.2. The number of hydrogen-bond acceptors (Lipinski definition) is 2. The number of carbonyl (C=O) groups excluding carboxylic acids is 1. The molecule has 0 saturated carbocycles. The molecule has 1 aromatic heterocycles. The first-order valence-corrected chi connectivity index (χ1v) is 8.22. The second-order valence-electron chi connectivity index (χ2n) is 5.36. The number of benzene rings is 2. The van der Waals surface area contributed by atoms with E-state index in [9.17, 15) is 9.18 Å². The number of rotatable bonds is 4. The number of amides is 1. The van der Waals surface area contributed by atoms with E-state index in [1.54, 1.807) is 59.6 Å². The molecule has 0 spiro atoms. The molecule has 2 aromatic carbocycles. The Hall–Kier alpha value is -2.43. The van der Waals surface area contributed by atoms with Crippen LogP contribution in [0.15, 0.2) is 66.9 Å². The predicted octanol–water partition coefficient (Wildman–Crippen LogP) is 5.37. The molecule has 0 N–H and O–H groups in total. The number of hydrogen-bond donors (Lipinski definition) is 0. The normalized spacial score (nSPS) is 10.5. The van der Waals surface area contributed by atoms with Crippen LogP contribution in [-0.4, -0.2) is 10.9 Å². The van der Waals surface area contributed by atoms with Gasteiger partial charge in [0.05, 0.1) is 6.54 Å². The van der Waals surface area contributed by atoms with Crippen LogP contribution >= 0.6 is 23.2 Å². The third-order valence-electron chi connectivity index (χ3n) is 3.60. The van der Waals surface area contributed by atoms with E-state index in [4.69, 9.17) is 23.2 Å². The number of anilines is 1. The molecular formula is C19H13Cl2FN2O. The van der Waals surface area contributed by atoms with Gasteiger partial charge in [-0.05, 0) is 60.2 Å². The molecule has 0 aliphatic rings. The van der Waals surface area contributed by atoms with Crippen molar-refractivity contribution in [3.05, 3.63) is 94.0 Å². The zero-order chi connectivity index (χ0) is 17.8. The van der Waals surface area contributed by atoms with Crippen molar-refractivity contribution in [2.24, 2.45) is 0 Å². The van der Waals surface area contributed by atoms with Gasteiger partial charge in [0, 0.05) is 22.5 Å². The van der Waals surface area contributed by atoms with Gasteiger partial charge in [-0.2, -0.15) is 0 Å². The Morgan fingerprint density at radius 3 is 2.24 bits per heavy atom. The number of aromatic nitrogens is 1. The first-order valence-electron chi connectivity index (χ1n) is 7.46. The molecule has 126 valence electrons. The molecule has 25 heavy (non-hydrogen) atoms. The van der Waals surface area contributed by atoms with Gasteiger partial charge in [-0.25, -0.2) is 9.37 Å². The van der Waals surface area contributed by atoms with Crippen molar-refractivity contribution >= 4 is 34.8 Å². The Bertz CT molecular complexity index is 865. The monoisotopic (exact) mass is 374 g/mol. The summed E-state index contributed by atoms with van der Waals surface area (Å²) >= 11 is 11.7. The zero-order valence-electron chi connectivity index (χ0n) is 13.0. The lowest BCUT2D eigenvalue weighted by molar-refractivity contribution is 0.0985. The van der Waals surface area contributed by atoms with E-state index in [2.05, 4.69) is 4.98 Å². The highest BCUT2D eigenvalue weighted by Gasteiger charge is 2.18. The molecule has 0 aliphatic heterocycles. The summed E-state index contributed by atoms with van der Waals surface area (Å²) in [7, 11) is 0. The summed E-state index contributed by atoms with van der Waals surface area (Å²) in [6, 6.07) is 15.8. The summed E-state index contributed by atoms with van der Waals surface area (Å²) in [5.74, 6) is -0.589. The van der Waals surface area contributed by atoms with Crippen molar-refractivity contribution in [3.8, 4) is 0 Å². The van der Waals surface area contributed by atoms with E-state index in [1.165, 1.54) is 12.1 Å². The van der Waals surface area contributed by atoms with E-state index >= 15 is 0 Å². The molecule has 0 saturated heterocycles. The minimum atomic E-state index is -0.365. The van der Waals surface area contributed by atoms with Crippen molar-refractivity contribution < 1.29 is 9.18 Å². The second-order valence-corrected chi connectivity index (χ2v) is 6.19.